The van der Waals surface area contributed by atoms with Crippen LogP contribution in [0.4, 0.5) is 0 Å². The van der Waals surface area contributed by atoms with E-state index in [-0.39, 0.29) is 0 Å². The minimum atomic E-state index is 0.581. The van der Waals surface area contributed by atoms with Crippen LogP contribution >= 0.6 is 0 Å². The highest BCUT2D eigenvalue weighted by molar-refractivity contribution is 5.31. The first kappa shape index (κ1) is 17.8. The lowest BCUT2D eigenvalue weighted by Gasteiger charge is -2.32. The highest BCUT2D eigenvalue weighted by atomic mass is 16.5. The lowest BCUT2D eigenvalue weighted by molar-refractivity contribution is 0.125. The molecular formula is C20H29N3O2. The van der Waals surface area contributed by atoms with E-state index in [1.165, 1.54) is 24.1 Å². The molecule has 1 saturated heterocycles. The topological polar surface area (TPSA) is 39.5 Å². The summed E-state index contributed by atoms with van der Waals surface area (Å²) in [7, 11) is 1.68. The van der Waals surface area contributed by atoms with Crippen LogP contribution < -0.4 is 9.47 Å². The van der Waals surface area contributed by atoms with Crippen LogP contribution in [0.25, 0.3) is 0 Å². The zero-order valence-electron chi connectivity index (χ0n) is 15.6. The largest absolute Gasteiger partial charge is 0.497 e. The Bertz CT molecular complexity index is 666. The number of rotatable bonds is 7. The minimum absolute atomic E-state index is 0.581. The molecule has 5 heteroatoms. The first-order valence-electron chi connectivity index (χ1n) is 9.20. The highest BCUT2D eigenvalue weighted by Crippen LogP contribution is 2.22. The Hall–Kier alpha value is -2.01. The fourth-order valence-electron chi connectivity index (χ4n) is 3.52. The quantitative estimate of drug-likeness (QED) is 0.771. The first-order chi connectivity index (χ1) is 12.2. The Morgan fingerprint density at radius 2 is 1.96 bits per heavy atom. The summed E-state index contributed by atoms with van der Waals surface area (Å²) in [5.74, 6) is 2.36. The number of aromatic nitrogens is 2. The smallest absolute Gasteiger partial charge is 0.119 e. The second-order valence-electron chi connectivity index (χ2n) is 6.80. The van der Waals surface area contributed by atoms with Gasteiger partial charge in [-0.1, -0.05) is 0 Å². The third-order valence-electron chi connectivity index (χ3n) is 5.05. The number of benzene rings is 1. The van der Waals surface area contributed by atoms with E-state index >= 15 is 0 Å². The Labute approximate surface area is 150 Å². The van der Waals surface area contributed by atoms with Crippen molar-refractivity contribution in [3.8, 4) is 11.5 Å². The fraction of sp³-hybridized carbons (Fsp3) is 0.550. The summed E-state index contributed by atoms with van der Waals surface area (Å²) in [5, 5.41) is 4.46. The molecule has 0 radical (unpaired) electrons. The van der Waals surface area contributed by atoms with Crippen molar-refractivity contribution < 1.29 is 9.47 Å². The van der Waals surface area contributed by atoms with Gasteiger partial charge in [-0.3, -0.25) is 9.58 Å². The molecular weight excluding hydrogens is 314 g/mol. The van der Waals surface area contributed by atoms with Crippen molar-refractivity contribution in [3.63, 3.8) is 0 Å². The molecule has 0 saturated carbocycles. The van der Waals surface area contributed by atoms with E-state index in [0.717, 1.165) is 44.3 Å². The lowest BCUT2D eigenvalue weighted by Crippen LogP contribution is -2.37. The fourth-order valence-corrected chi connectivity index (χ4v) is 3.52. The van der Waals surface area contributed by atoms with Crippen LogP contribution in [0.15, 0.2) is 30.5 Å². The van der Waals surface area contributed by atoms with Gasteiger partial charge in [-0.25, -0.2) is 0 Å². The Balaban J connectivity index is 1.51. The molecule has 1 atom stereocenters. The number of aryl methyl sites for hydroxylation is 1. The maximum Gasteiger partial charge on any atom is 0.119 e. The summed E-state index contributed by atoms with van der Waals surface area (Å²) < 4.78 is 13.2. The minimum Gasteiger partial charge on any atom is -0.497 e. The molecule has 1 fully saturated rings. The molecule has 0 amide bonds. The second-order valence-corrected chi connectivity index (χ2v) is 6.80. The van der Waals surface area contributed by atoms with Gasteiger partial charge >= 0.3 is 0 Å². The third kappa shape index (κ3) is 4.54. The summed E-state index contributed by atoms with van der Waals surface area (Å²) in [6.45, 7) is 9.25. The van der Waals surface area contributed by atoms with E-state index in [2.05, 4.69) is 28.5 Å². The maximum absolute atomic E-state index is 5.99. The van der Waals surface area contributed by atoms with Crippen LogP contribution in [-0.4, -0.2) is 41.5 Å². The molecule has 0 N–H and O–H groups in total. The molecule has 136 valence electrons. The Morgan fingerprint density at radius 3 is 2.64 bits per heavy atom. The number of nitrogens with zero attached hydrogens (tertiary/aromatic N) is 3. The molecule has 5 nitrogen and oxygen atoms in total. The zero-order chi connectivity index (χ0) is 17.6. The zero-order valence-corrected chi connectivity index (χ0v) is 15.6. The van der Waals surface area contributed by atoms with Crippen molar-refractivity contribution in [2.75, 3.05) is 26.8 Å². The van der Waals surface area contributed by atoms with E-state index in [1.807, 2.05) is 30.5 Å². The van der Waals surface area contributed by atoms with Crippen molar-refractivity contribution in [2.24, 2.45) is 5.92 Å². The van der Waals surface area contributed by atoms with Crippen molar-refractivity contribution in [1.29, 1.82) is 0 Å². The van der Waals surface area contributed by atoms with Crippen molar-refractivity contribution >= 4 is 0 Å². The SMILES string of the molecule is CCn1ncc(CN2CCC[C@H](COc3ccc(OC)cc3)C2)c1C. The molecule has 1 aromatic heterocycles. The highest BCUT2D eigenvalue weighted by Gasteiger charge is 2.21. The van der Waals surface area contributed by atoms with Gasteiger partial charge in [0.15, 0.2) is 0 Å². The average molecular weight is 343 g/mol. The Kier molecular flexibility index (Phi) is 5.97. The van der Waals surface area contributed by atoms with E-state index in [9.17, 15) is 0 Å². The monoisotopic (exact) mass is 343 g/mol. The lowest BCUT2D eigenvalue weighted by atomic mass is 9.98. The molecule has 0 spiro atoms. The van der Waals surface area contributed by atoms with E-state index < -0.39 is 0 Å². The first-order valence-corrected chi connectivity index (χ1v) is 9.20. The van der Waals surface area contributed by atoms with Gasteiger partial charge in [0.25, 0.3) is 0 Å². The maximum atomic E-state index is 5.99. The molecule has 25 heavy (non-hydrogen) atoms. The predicted molar refractivity (Wildman–Crippen MR) is 99.1 cm³/mol. The van der Waals surface area contributed by atoms with Crippen LogP contribution in [0.5, 0.6) is 11.5 Å². The summed E-state index contributed by atoms with van der Waals surface area (Å²) in [6, 6.07) is 7.83. The van der Waals surface area contributed by atoms with E-state index in [4.69, 9.17) is 9.47 Å². The molecule has 3 rings (SSSR count). The van der Waals surface area contributed by atoms with Gasteiger partial charge < -0.3 is 9.47 Å². The van der Waals surface area contributed by atoms with Crippen LogP contribution in [0.1, 0.15) is 31.0 Å². The van der Waals surface area contributed by atoms with Crippen LogP contribution in [0.3, 0.4) is 0 Å². The predicted octanol–water partition coefficient (Wildman–Crippen LogP) is 3.51. The molecule has 2 aromatic rings. The van der Waals surface area contributed by atoms with Crippen molar-refractivity contribution in [2.45, 2.75) is 39.8 Å². The van der Waals surface area contributed by atoms with Gasteiger partial charge in [-0.15, -0.1) is 0 Å². The summed E-state index contributed by atoms with van der Waals surface area (Å²) in [6.07, 6.45) is 4.49. The summed E-state index contributed by atoms with van der Waals surface area (Å²) in [5.41, 5.74) is 2.64. The van der Waals surface area contributed by atoms with Gasteiger partial charge in [0.1, 0.15) is 11.5 Å². The molecule has 1 aliphatic rings. The van der Waals surface area contributed by atoms with Gasteiger partial charge in [-0.2, -0.15) is 5.10 Å². The summed E-state index contributed by atoms with van der Waals surface area (Å²) in [4.78, 5) is 2.54. The van der Waals surface area contributed by atoms with Crippen molar-refractivity contribution in [3.05, 3.63) is 41.7 Å². The van der Waals surface area contributed by atoms with Gasteiger partial charge in [-0.05, 0) is 57.5 Å². The number of hydrogen-bond donors (Lipinski definition) is 0. The molecule has 0 unspecified atom stereocenters. The van der Waals surface area contributed by atoms with Crippen LogP contribution in [0, 0.1) is 12.8 Å². The molecule has 1 aromatic carbocycles. The average Bonchev–Trinajstić information content (AvgIpc) is 3.00. The van der Waals surface area contributed by atoms with Crippen molar-refractivity contribution in [1.82, 2.24) is 14.7 Å². The molecule has 2 heterocycles. The van der Waals surface area contributed by atoms with Gasteiger partial charge in [0.05, 0.1) is 19.9 Å². The second kappa shape index (κ2) is 8.39. The molecule has 0 bridgehead atoms. The van der Waals surface area contributed by atoms with E-state index in [0.29, 0.717) is 5.92 Å². The Morgan fingerprint density at radius 1 is 1.20 bits per heavy atom. The number of ether oxygens (including phenoxy) is 2. The molecule has 1 aliphatic heterocycles. The normalized spacial score (nSPS) is 18.3. The number of piperidine rings is 1. The van der Waals surface area contributed by atoms with Crippen LogP contribution in [0.2, 0.25) is 0 Å². The van der Waals surface area contributed by atoms with Gasteiger partial charge in [0.2, 0.25) is 0 Å². The number of methoxy groups -OCH3 is 1. The molecule has 0 aliphatic carbocycles. The summed E-state index contributed by atoms with van der Waals surface area (Å²) >= 11 is 0. The number of likely N-dealkylation sites (tertiary alicyclic amines) is 1. The van der Waals surface area contributed by atoms with E-state index in [1.54, 1.807) is 7.11 Å². The van der Waals surface area contributed by atoms with Crippen LogP contribution in [-0.2, 0) is 13.1 Å². The third-order valence-corrected chi connectivity index (χ3v) is 5.05. The standard InChI is InChI=1S/C20H29N3O2/c1-4-23-16(2)18(12-21-23)14-22-11-5-6-17(13-22)15-25-20-9-7-19(24-3)8-10-20/h7-10,12,17H,4-6,11,13-15H2,1-3H3/t17-/m0/s1. The number of hydrogen-bond acceptors (Lipinski definition) is 4. The van der Waals surface area contributed by atoms with Gasteiger partial charge in [0, 0.05) is 36.8 Å².